The summed E-state index contributed by atoms with van der Waals surface area (Å²) in [5.74, 6) is -1.57. The quantitative estimate of drug-likeness (QED) is 0.626. The van der Waals surface area contributed by atoms with Gasteiger partial charge < -0.3 is 10.4 Å². The van der Waals surface area contributed by atoms with E-state index in [-0.39, 0.29) is 18.1 Å². The van der Waals surface area contributed by atoms with Crippen molar-refractivity contribution in [3.05, 3.63) is 39.7 Å². The van der Waals surface area contributed by atoms with Crippen molar-refractivity contribution < 1.29 is 19.2 Å². The van der Waals surface area contributed by atoms with Crippen molar-refractivity contribution in [1.82, 2.24) is 5.32 Å². The third-order valence-electron chi connectivity index (χ3n) is 2.72. The number of benzene rings is 1. The van der Waals surface area contributed by atoms with Crippen molar-refractivity contribution in [3.63, 3.8) is 0 Å². The van der Waals surface area contributed by atoms with Gasteiger partial charge in [-0.1, -0.05) is 13.8 Å². The maximum atomic E-state index is 13.1. The predicted molar refractivity (Wildman–Crippen MR) is 66.2 cm³/mol. The van der Waals surface area contributed by atoms with Gasteiger partial charge in [0.15, 0.2) is 0 Å². The van der Waals surface area contributed by atoms with Crippen LogP contribution in [0.1, 0.15) is 24.2 Å². The molecule has 0 fully saturated rings. The Kier molecular flexibility index (Phi) is 4.94. The lowest BCUT2D eigenvalue weighted by atomic mass is 10.0. The molecule has 7 heteroatoms. The number of aliphatic hydroxyl groups is 1. The molecule has 0 aliphatic rings. The van der Waals surface area contributed by atoms with E-state index in [1.54, 1.807) is 13.8 Å². The van der Waals surface area contributed by atoms with Crippen LogP contribution in [0.3, 0.4) is 0 Å². The summed E-state index contributed by atoms with van der Waals surface area (Å²) in [6.07, 6.45) is 0. The normalized spacial score (nSPS) is 12.3. The van der Waals surface area contributed by atoms with Gasteiger partial charge in [0, 0.05) is 6.07 Å². The number of nitrogens with one attached hydrogen (secondary N) is 1. The monoisotopic (exact) mass is 270 g/mol. The highest BCUT2D eigenvalue weighted by atomic mass is 19.1. The molecule has 2 N–H and O–H groups in total. The Labute approximate surface area is 109 Å². The van der Waals surface area contributed by atoms with Gasteiger partial charge in [-0.05, 0) is 18.1 Å². The number of carbonyl (C=O) groups is 1. The van der Waals surface area contributed by atoms with Crippen molar-refractivity contribution in [2.24, 2.45) is 5.92 Å². The smallest absolute Gasteiger partial charge is 0.282 e. The van der Waals surface area contributed by atoms with Crippen LogP contribution in [-0.4, -0.2) is 28.6 Å². The molecule has 1 aromatic carbocycles. The number of rotatable bonds is 5. The topological polar surface area (TPSA) is 92.5 Å². The van der Waals surface area contributed by atoms with Crippen LogP contribution in [0.2, 0.25) is 0 Å². The molecule has 0 radical (unpaired) electrons. The van der Waals surface area contributed by atoms with Gasteiger partial charge in [-0.25, -0.2) is 4.39 Å². The van der Waals surface area contributed by atoms with Crippen molar-refractivity contribution in [3.8, 4) is 0 Å². The molecule has 0 aliphatic heterocycles. The summed E-state index contributed by atoms with van der Waals surface area (Å²) in [5.41, 5.74) is -0.830. The van der Waals surface area contributed by atoms with Crippen molar-refractivity contribution in [2.45, 2.75) is 19.9 Å². The van der Waals surface area contributed by atoms with E-state index in [1.165, 1.54) is 0 Å². The lowest BCUT2D eigenvalue weighted by molar-refractivity contribution is -0.385. The second kappa shape index (κ2) is 6.24. The molecule has 104 valence electrons. The van der Waals surface area contributed by atoms with Crippen molar-refractivity contribution in [1.29, 1.82) is 0 Å². The van der Waals surface area contributed by atoms with Crippen LogP contribution in [0.5, 0.6) is 0 Å². The molecule has 0 spiro atoms. The van der Waals surface area contributed by atoms with Crippen LogP contribution >= 0.6 is 0 Å². The molecule has 1 aromatic rings. The summed E-state index contributed by atoms with van der Waals surface area (Å²) in [6.45, 7) is 3.26. The standard InChI is InChI=1S/C12H15FN2O4/c1-7(2)10(6-16)14-12(17)9-5-8(13)3-4-11(9)15(18)19/h3-5,7,10,16H,6H2,1-2H3,(H,14,17). The fraction of sp³-hybridized carbons (Fsp3) is 0.417. The molecule has 0 aliphatic carbocycles. The first-order chi connectivity index (χ1) is 8.86. The van der Waals surface area contributed by atoms with E-state index in [1.807, 2.05) is 0 Å². The number of hydrogen-bond donors (Lipinski definition) is 2. The number of hydrogen-bond acceptors (Lipinski definition) is 4. The predicted octanol–water partition coefficient (Wildman–Crippen LogP) is 1.48. The van der Waals surface area contributed by atoms with Crippen molar-refractivity contribution >= 4 is 11.6 Å². The molecule has 0 aromatic heterocycles. The van der Waals surface area contributed by atoms with E-state index < -0.39 is 28.4 Å². The summed E-state index contributed by atoms with van der Waals surface area (Å²) in [4.78, 5) is 21.9. The summed E-state index contributed by atoms with van der Waals surface area (Å²) < 4.78 is 13.1. The molecule has 0 saturated carbocycles. The molecule has 6 nitrogen and oxygen atoms in total. The van der Waals surface area contributed by atoms with Crippen LogP contribution in [0, 0.1) is 21.8 Å². The van der Waals surface area contributed by atoms with Gasteiger partial charge in [0.2, 0.25) is 0 Å². The second-order valence-corrected chi connectivity index (χ2v) is 4.43. The number of amides is 1. The molecule has 1 rings (SSSR count). The SMILES string of the molecule is CC(C)C(CO)NC(=O)c1cc(F)ccc1[N+](=O)[O-]. The lowest BCUT2D eigenvalue weighted by Gasteiger charge is -2.19. The fourth-order valence-corrected chi connectivity index (χ4v) is 1.52. The van der Waals surface area contributed by atoms with E-state index in [9.17, 15) is 19.3 Å². The van der Waals surface area contributed by atoms with Gasteiger partial charge in [-0.2, -0.15) is 0 Å². The summed E-state index contributed by atoms with van der Waals surface area (Å²) in [6, 6.07) is 2.12. The molecule has 1 unspecified atom stereocenters. The van der Waals surface area contributed by atoms with Crippen LogP contribution < -0.4 is 5.32 Å². The number of halogens is 1. The second-order valence-electron chi connectivity index (χ2n) is 4.43. The average Bonchev–Trinajstić information content (AvgIpc) is 2.34. The number of nitro groups is 1. The van der Waals surface area contributed by atoms with Gasteiger partial charge in [-0.3, -0.25) is 14.9 Å². The minimum atomic E-state index is -0.779. The zero-order chi connectivity index (χ0) is 14.6. The minimum Gasteiger partial charge on any atom is -0.394 e. The molecule has 0 bridgehead atoms. The Hall–Kier alpha value is -2.02. The van der Waals surface area contributed by atoms with Gasteiger partial charge in [0.25, 0.3) is 11.6 Å². The van der Waals surface area contributed by atoms with Gasteiger partial charge in [0.1, 0.15) is 11.4 Å². The van der Waals surface area contributed by atoms with Crippen LogP contribution in [-0.2, 0) is 0 Å². The number of nitrogens with zero attached hydrogens (tertiary/aromatic N) is 1. The first-order valence-corrected chi connectivity index (χ1v) is 5.72. The maximum absolute atomic E-state index is 13.1. The molecule has 19 heavy (non-hydrogen) atoms. The number of carbonyl (C=O) groups excluding carboxylic acids is 1. The van der Waals surface area contributed by atoms with E-state index in [0.29, 0.717) is 0 Å². The molecule has 1 amide bonds. The molecular formula is C12H15FN2O4. The Bertz CT molecular complexity index is 491. The fourth-order valence-electron chi connectivity index (χ4n) is 1.52. The average molecular weight is 270 g/mol. The Morgan fingerprint density at radius 1 is 1.53 bits per heavy atom. The van der Waals surface area contributed by atoms with Crippen LogP contribution in [0.4, 0.5) is 10.1 Å². The number of nitro benzene ring substituents is 1. The maximum Gasteiger partial charge on any atom is 0.282 e. The zero-order valence-electron chi connectivity index (χ0n) is 10.6. The van der Waals surface area contributed by atoms with E-state index in [2.05, 4.69) is 5.32 Å². The summed E-state index contributed by atoms with van der Waals surface area (Å²) in [5, 5.41) is 22.3. The molecule has 1 atom stereocenters. The van der Waals surface area contributed by atoms with Crippen LogP contribution in [0.15, 0.2) is 18.2 Å². The Morgan fingerprint density at radius 3 is 2.63 bits per heavy atom. The van der Waals surface area contributed by atoms with Gasteiger partial charge in [0.05, 0.1) is 17.6 Å². The molecule has 0 heterocycles. The van der Waals surface area contributed by atoms with E-state index >= 15 is 0 Å². The highest BCUT2D eigenvalue weighted by Gasteiger charge is 2.23. The first-order valence-electron chi connectivity index (χ1n) is 5.72. The number of aliphatic hydroxyl groups excluding tert-OH is 1. The third kappa shape index (κ3) is 3.72. The van der Waals surface area contributed by atoms with E-state index in [0.717, 1.165) is 18.2 Å². The summed E-state index contributed by atoms with van der Waals surface area (Å²) >= 11 is 0. The Morgan fingerprint density at radius 2 is 2.16 bits per heavy atom. The molecule has 0 saturated heterocycles. The lowest BCUT2D eigenvalue weighted by Crippen LogP contribution is -2.41. The van der Waals surface area contributed by atoms with Gasteiger partial charge >= 0.3 is 0 Å². The molecular weight excluding hydrogens is 255 g/mol. The van der Waals surface area contributed by atoms with Gasteiger partial charge in [-0.15, -0.1) is 0 Å². The first kappa shape index (κ1) is 15.0. The van der Waals surface area contributed by atoms with Crippen molar-refractivity contribution in [2.75, 3.05) is 6.61 Å². The van der Waals surface area contributed by atoms with Crippen LogP contribution in [0.25, 0.3) is 0 Å². The third-order valence-corrected chi connectivity index (χ3v) is 2.72. The van der Waals surface area contributed by atoms with E-state index in [4.69, 9.17) is 5.11 Å². The minimum absolute atomic E-state index is 0.0541. The highest BCUT2D eigenvalue weighted by molar-refractivity contribution is 5.98. The largest absolute Gasteiger partial charge is 0.394 e. The highest BCUT2D eigenvalue weighted by Crippen LogP contribution is 2.19. The zero-order valence-corrected chi connectivity index (χ0v) is 10.6. The Balaban J connectivity index is 3.05. The summed E-state index contributed by atoms with van der Waals surface area (Å²) in [7, 11) is 0.